The van der Waals surface area contributed by atoms with Crippen LogP contribution in [-0.2, 0) is 5.41 Å². The van der Waals surface area contributed by atoms with Gasteiger partial charge in [-0.3, -0.25) is 4.98 Å². The molecule has 0 radical (unpaired) electrons. The molecule has 12 rings (SSSR count). The number of benzene rings is 8. The highest BCUT2D eigenvalue weighted by molar-refractivity contribution is 7.99. The van der Waals surface area contributed by atoms with Crippen molar-refractivity contribution in [3.63, 3.8) is 0 Å². The van der Waals surface area contributed by atoms with Gasteiger partial charge in [0.15, 0.2) is 5.82 Å². The fourth-order valence-corrected chi connectivity index (χ4v) is 10.7. The van der Waals surface area contributed by atoms with E-state index in [0.29, 0.717) is 5.82 Å². The zero-order valence-electron chi connectivity index (χ0n) is 32.5. The van der Waals surface area contributed by atoms with Crippen molar-refractivity contribution in [2.75, 3.05) is 0 Å². The molecule has 8 aromatic carbocycles. The zero-order valence-corrected chi connectivity index (χ0v) is 33.3. The summed E-state index contributed by atoms with van der Waals surface area (Å²) >= 11 is 1.87. The molecular formula is C56H35N3S. The molecule has 280 valence electrons. The van der Waals surface area contributed by atoms with Crippen LogP contribution < -0.4 is 0 Å². The molecule has 1 spiro atoms. The molecule has 0 amide bonds. The summed E-state index contributed by atoms with van der Waals surface area (Å²) in [6, 6.07) is 74.3. The van der Waals surface area contributed by atoms with Crippen LogP contribution in [-0.4, -0.2) is 15.0 Å². The Morgan fingerprint density at radius 3 is 1.58 bits per heavy atom. The van der Waals surface area contributed by atoms with Crippen molar-refractivity contribution < 1.29 is 0 Å². The molecule has 3 heterocycles. The first-order chi connectivity index (χ1) is 29.7. The van der Waals surface area contributed by atoms with E-state index in [0.717, 1.165) is 50.1 Å². The number of aromatic nitrogens is 3. The van der Waals surface area contributed by atoms with Crippen LogP contribution in [0.25, 0.3) is 78.2 Å². The van der Waals surface area contributed by atoms with Gasteiger partial charge in [-0.25, -0.2) is 9.97 Å². The van der Waals surface area contributed by atoms with Crippen molar-refractivity contribution in [2.24, 2.45) is 0 Å². The zero-order chi connectivity index (χ0) is 39.6. The summed E-state index contributed by atoms with van der Waals surface area (Å²) in [5.74, 6) is 0.700. The van der Waals surface area contributed by atoms with Crippen molar-refractivity contribution in [1.29, 1.82) is 0 Å². The van der Waals surface area contributed by atoms with Gasteiger partial charge in [-0.1, -0.05) is 182 Å². The van der Waals surface area contributed by atoms with Gasteiger partial charge in [-0.15, -0.1) is 0 Å². The van der Waals surface area contributed by atoms with Gasteiger partial charge < -0.3 is 0 Å². The van der Waals surface area contributed by atoms with E-state index in [4.69, 9.17) is 15.0 Å². The molecule has 0 atom stereocenters. The SMILES string of the molecule is c1ccc(-c2ccc(-c3cc(-c4ccc5c(c4)-c4cc(-c6cccc7cccnc67)ccc4C54c5ccccc5Sc5ccccc54)nc(-c4ccccc4)n3)cc2)cc1. The second kappa shape index (κ2) is 13.9. The Morgan fingerprint density at radius 2 is 0.883 bits per heavy atom. The van der Waals surface area contributed by atoms with Crippen LogP contribution in [0.4, 0.5) is 0 Å². The van der Waals surface area contributed by atoms with Crippen LogP contribution in [0.5, 0.6) is 0 Å². The molecule has 60 heavy (non-hydrogen) atoms. The van der Waals surface area contributed by atoms with E-state index in [1.165, 1.54) is 54.3 Å². The van der Waals surface area contributed by atoms with Crippen LogP contribution in [0, 0.1) is 0 Å². The number of pyridine rings is 1. The van der Waals surface area contributed by atoms with Crippen LogP contribution in [0.3, 0.4) is 0 Å². The van der Waals surface area contributed by atoms with E-state index in [9.17, 15) is 0 Å². The number of nitrogens with zero attached hydrogens (tertiary/aromatic N) is 3. The summed E-state index contributed by atoms with van der Waals surface area (Å²) in [5, 5.41) is 1.13. The third kappa shape index (κ3) is 5.42. The van der Waals surface area contributed by atoms with E-state index in [-0.39, 0.29) is 0 Å². The highest BCUT2D eigenvalue weighted by atomic mass is 32.2. The summed E-state index contributed by atoms with van der Waals surface area (Å²) in [6.45, 7) is 0. The Kier molecular flexibility index (Phi) is 8.00. The van der Waals surface area contributed by atoms with Crippen LogP contribution >= 0.6 is 11.8 Å². The van der Waals surface area contributed by atoms with Crippen LogP contribution in [0.15, 0.2) is 222 Å². The number of para-hydroxylation sites is 1. The normalized spacial score (nSPS) is 13.1. The molecular weight excluding hydrogens is 747 g/mol. The third-order valence-corrected chi connectivity index (χ3v) is 13.4. The molecule has 0 unspecified atom stereocenters. The highest BCUT2D eigenvalue weighted by Gasteiger charge is 2.50. The average molecular weight is 782 g/mol. The fraction of sp³-hybridized carbons (Fsp3) is 0.0179. The summed E-state index contributed by atoms with van der Waals surface area (Å²) in [4.78, 5) is 17.9. The molecule has 2 aliphatic rings. The third-order valence-electron chi connectivity index (χ3n) is 12.2. The van der Waals surface area contributed by atoms with Gasteiger partial charge in [0.25, 0.3) is 0 Å². The van der Waals surface area contributed by atoms with E-state index in [2.05, 4.69) is 182 Å². The first kappa shape index (κ1) is 34.6. The van der Waals surface area contributed by atoms with Crippen molar-refractivity contribution >= 4 is 22.7 Å². The minimum atomic E-state index is -0.496. The number of hydrogen-bond acceptors (Lipinski definition) is 4. The lowest BCUT2D eigenvalue weighted by Crippen LogP contribution is -2.31. The Labute approximate surface area is 353 Å². The summed E-state index contributed by atoms with van der Waals surface area (Å²) < 4.78 is 0. The lowest BCUT2D eigenvalue weighted by Gasteiger charge is -2.39. The van der Waals surface area contributed by atoms with Gasteiger partial charge in [0.2, 0.25) is 0 Å². The van der Waals surface area contributed by atoms with Crippen LogP contribution in [0.1, 0.15) is 22.3 Å². The average Bonchev–Trinajstić information content (AvgIpc) is 3.61. The lowest BCUT2D eigenvalue weighted by atomic mass is 9.67. The van der Waals surface area contributed by atoms with Gasteiger partial charge in [-0.05, 0) is 86.5 Å². The van der Waals surface area contributed by atoms with E-state index in [1.54, 1.807) is 0 Å². The van der Waals surface area contributed by atoms with Gasteiger partial charge >= 0.3 is 0 Å². The monoisotopic (exact) mass is 781 g/mol. The second-order valence-corrected chi connectivity index (χ2v) is 16.6. The smallest absolute Gasteiger partial charge is 0.160 e. The van der Waals surface area contributed by atoms with Gasteiger partial charge in [0.1, 0.15) is 0 Å². The molecule has 1 aliphatic carbocycles. The molecule has 10 aromatic rings. The molecule has 3 nitrogen and oxygen atoms in total. The maximum absolute atomic E-state index is 5.30. The summed E-state index contributed by atoms with van der Waals surface area (Å²) in [5.41, 5.74) is 17.6. The topological polar surface area (TPSA) is 38.7 Å². The first-order valence-corrected chi connectivity index (χ1v) is 21.2. The van der Waals surface area contributed by atoms with Gasteiger partial charge in [0, 0.05) is 43.6 Å². The molecule has 0 saturated carbocycles. The number of hydrogen-bond donors (Lipinski definition) is 0. The Bertz CT molecular complexity index is 3230. The maximum Gasteiger partial charge on any atom is 0.160 e. The molecule has 0 fully saturated rings. The molecule has 4 heteroatoms. The Hall–Kier alpha value is -7.40. The molecule has 0 N–H and O–H groups in total. The Balaban J connectivity index is 1.09. The fourth-order valence-electron chi connectivity index (χ4n) is 9.50. The lowest BCUT2D eigenvalue weighted by molar-refractivity contribution is 0.722. The van der Waals surface area contributed by atoms with Crippen molar-refractivity contribution in [1.82, 2.24) is 15.0 Å². The minimum absolute atomic E-state index is 0.496. The van der Waals surface area contributed by atoms with Gasteiger partial charge in [0.05, 0.1) is 22.3 Å². The molecule has 1 aliphatic heterocycles. The van der Waals surface area contributed by atoms with E-state index >= 15 is 0 Å². The number of fused-ring (bicyclic) bond motifs is 10. The quantitative estimate of drug-likeness (QED) is 0.174. The summed E-state index contributed by atoms with van der Waals surface area (Å²) in [6.07, 6.45) is 1.89. The standard InChI is InChI=1S/C56H35N3S/c1-3-13-36(14-4-1)37-24-26-38(27-25-37)50-35-51(59-55(58-50)40-15-5-2-6-16-40)42-29-31-47-45(34-42)44-33-41(43-19-11-17-39-18-12-32-57-54(39)43)28-30-46(44)56(47)48-20-7-9-22-52(48)60-53-23-10-8-21-49(53)56/h1-35H. The largest absolute Gasteiger partial charge is 0.256 e. The summed E-state index contributed by atoms with van der Waals surface area (Å²) in [7, 11) is 0. The predicted molar refractivity (Wildman–Crippen MR) is 246 cm³/mol. The van der Waals surface area contributed by atoms with Crippen LogP contribution in [0.2, 0.25) is 0 Å². The predicted octanol–water partition coefficient (Wildman–Crippen LogP) is 14.2. The molecule has 0 saturated heterocycles. The minimum Gasteiger partial charge on any atom is -0.256 e. The molecule has 2 aromatic heterocycles. The first-order valence-electron chi connectivity index (χ1n) is 20.3. The van der Waals surface area contributed by atoms with E-state index < -0.39 is 5.41 Å². The molecule has 0 bridgehead atoms. The van der Waals surface area contributed by atoms with Gasteiger partial charge in [-0.2, -0.15) is 0 Å². The number of rotatable bonds is 5. The second-order valence-electron chi connectivity index (χ2n) is 15.5. The van der Waals surface area contributed by atoms with Crippen molar-refractivity contribution in [2.45, 2.75) is 15.2 Å². The van der Waals surface area contributed by atoms with Crippen molar-refractivity contribution in [3.05, 3.63) is 235 Å². The highest BCUT2D eigenvalue weighted by Crippen LogP contribution is 2.62. The van der Waals surface area contributed by atoms with E-state index in [1.807, 2.05) is 42.2 Å². The Morgan fingerprint density at radius 1 is 0.350 bits per heavy atom. The maximum atomic E-state index is 5.30. The van der Waals surface area contributed by atoms with Crippen molar-refractivity contribution in [3.8, 4) is 67.3 Å².